The first kappa shape index (κ1) is 17.3. The summed E-state index contributed by atoms with van der Waals surface area (Å²) in [5.74, 6) is 1.46. The Morgan fingerprint density at radius 2 is 2.24 bits per heavy atom. The molecule has 2 amide bonds. The van der Waals surface area contributed by atoms with E-state index < -0.39 is 0 Å². The van der Waals surface area contributed by atoms with E-state index in [0.717, 1.165) is 24.4 Å². The van der Waals surface area contributed by atoms with Crippen LogP contribution in [0.15, 0.2) is 36.8 Å². The number of benzene rings is 1. The van der Waals surface area contributed by atoms with Crippen molar-refractivity contribution in [1.29, 1.82) is 0 Å². The molecule has 0 fully saturated rings. The predicted octanol–water partition coefficient (Wildman–Crippen LogP) is 2.68. The molecule has 0 bridgehead atoms. The van der Waals surface area contributed by atoms with E-state index in [1.807, 2.05) is 24.5 Å². The molecule has 2 heterocycles. The van der Waals surface area contributed by atoms with Crippen LogP contribution in [0.3, 0.4) is 0 Å². The van der Waals surface area contributed by atoms with Crippen LogP contribution in [0, 0.1) is 5.92 Å². The van der Waals surface area contributed by atoms with Crippen molar-refractivity contribution in [3.63, 3.8) is 0 Å². The van der Waals surface area contributed by atoms with Gasteiger partial charge in [-0.2, -0.15) is 0 Å². The summed E-state index contributed by atoms with van der Waals surface area (Å²) in [6, 6.07) is 7.94. The number of ether oxygens (including phenoxy) is 1. The number of rotatable bonds is 6. The molecule has 1 aromatic heterocycles. The van der Waals surface area contributed by atoms with E-state index in [2.05, 4.69) is 34.8 Å². The molecule has 0 spiro atoms. The summed E-state index contributed by atoms with van der Waals surface area (Å²) in [4.78, 5) is 18.2. The molecule has 0 unspecified atom stereocenters. The van der Waals surface area contributed by atoms with Gasteiger partial charge in [-0.05, 0) is 17.5 Å². The summed E-state index contributed by atoms with van der Waals surface area (Å²) < 4.78 is 7.99. The van der Waals surface area contributed by atoms with Crippen LogP contribution in [-0.4, -0.2) is 40.2 Å². The molecule has 25 heavy (non-hydrogen) atoms. The minimum atomic E-state index is -0.100. The second-order valence-electron chi connectivity index (χ2n) is 7.02. The third-order valence-corrected chi connectivity index (χ3v) is 4.32. The molecule has 0 radical (unpaired) electrons. The minimum absolute atomic E-state index is 0.0135. The van der Waals surface area contributed by atoms with E-state index in [9.17, 15) is 4.79 Å². The number of fused-ring (bicyclic) bond motifs is 1. The van der Waals surface area contributed by atoms with E-state index >= 15 is 0 Å². The average Bonchev–Trinajstić information content (AvgIpc) is 3.17. The Morgan fingerprint density at radius 3 is 3.00 bits per heavy atom. The van der Waals surface area contributed by atoms with E-state index in [-0.39, 0.29) is 12.1 Å². The summed E-state index contributed by atoms with van der Waals surface area (Å²) in [6.45, 7) is 6.26. The van der Waals surface area contributed by atoms with Crippen molar-refractivity contribution in [3.8, 4) is 5.75 Å². The minimum Gasteiger partial charge on any atom is -0.488 e. The number of nitrogens with one attached hydrogen (secondary N) is 1. The Kier molecular flexibility index (Phi) is 5.26. The van der Waals surface area contributed by atoms with Crippen molar-refractivity contribution in [2.24, 2.45) is 5.92 Å². The average molecular weight is 342 g/mol. The molecule has 1 aromatic carbocycles. The van der Waals surface area contributed by atoms with Gasteiger partial charge in [-0.3, -0.25) is 0 Å². The monoisotopic (exact) mass is 342 g/mol. The van der Waals surface area contributed by atoms with Gasteiger partial charge in [0.15, 0.2) is 0 Å². The number of hydrogen-bond acceptors (Lipinski definition) is 3. The van der Waals surface area contributed by atoms with Crippen LogP contribution < -0.4 is 10.1 Å². The number of hydrogen-bond donors (Lipinski definition) is 1. The predicted molar refractivity (Wildman–Crippen MR) is 96.5 cm³/mol. The lowest BCUT2D eigenvalue weighted by molar-refractivity contribution is 0.164. The lowest BCUT2D eigenvalue weighted by Gasteiger charge is -2.21. The first-order valence-electron chi connectivity index (χ1n) is 8.75. The highest BCUT2D eigenvalue weighted by atomic mass is 16.5. The first-order chi connectivity index (χ1) is 12.0. The van der Waals surface area contributed by atoms with Crippen molar-refractivity contribution >= 4 is 6.03 Å². The summed E-state index contributed by atoms with van der Waals surface area (Å²) in [7, 11) is 1.80. The molecule has 1 N–H and O–H groups in total. The molecule has 6 heteroatoms. The van der Waals surface area contributed by atoms with Gasteiger partial charge in [-0.15, -0.1) is 0 Å². The molecule has 1 atom stereocenters. The van der Waals surface area contributed by atoms with Crippen LogP contribution in [0.5, 0.6) is 5.75 Å². The molecule has 2 aromatic rings. The van der Waals surface area contributed by atoms with E-state index in [1.165, 1.54) is 5.56 Å². The highest BCUT2D eigenvalue weighted by molar-refractivity contribution is 5.73. The number of carbonyl (C=O) groups is 1. The normalized spacial score (nSPS) is 15.8. The maximum absolute atomic E-state index is 12.4. The maximum atomic E-state index is 12.4. The quantitative estimate of drug-likeness (QED) is 0.878. The van der Waals surface area contributed by atoms with Crippen molar-refractivity contribution in [3.05, 3.63) is 48.0 Å². The van der Waals surface area contributed by atoms with Gasteiger partial charge in [-0.25, -0.2) is 9.78 Å². The zero-order valence-electron chi connectivity index (χ0n) is 15.1. The molecular formula is C19H26N4O2. The van der Waals surface area contributed by atoms with Gasteiger partial charge >= 0.3 is 6.03 Å². The lowest BCUT2D eigenvalue weighted by atomic mass is 10.1. The lowest BCUT2D eigenvalue weighted by Crippen LogP contribution is -2.42. The van der Waals surface area contributed by atoms with Crippen LogP contribution in [-0.2, 0) is 19.5 Å². The number of carbonyl (C=O) groups excluding carboxylic acids is 1. The van der Waals surface area contributed by atoms with E-state index in [0.29, 0.717) is 19.0 Å². The van der Waals surface area contributed by atoms with Gasteiger partial charge in [-0.1, -0.05) is 32.0 Å². The Hall–Kier alpha value is -2.50. The molecule has 0 saturated heterocycles. The smallest absolute Gasteiger partial charge is 0.317 e. The van der Waals surface area contributed by atoms with Crippen LogP contribution in [0.2, 0.25) is 0 Å². The van der Waals surface area contributed by atoms with Gasteiger partial charge in [0.25, 0.3) is 0 Å². The van der Waals surface area contributed by atoms with Crippen LogP contribution >= 0.6 is 0 Å². The number of nitrogens with zero attached hydrogens (tertiary/aromatic N) is 3. The zero-order valence-corrected chi connectivity index (χ0v) is 15.1. The van der Waals surface area contributed by atoms with Crippen molar-refractivity contribution in [1.82, 2.24) is 19.8 Å². The number of imidazole rings is 1. The fourth-order valence-corrected chi connectivity index (χ4v) is 3.10. The number of para-hydroxylation sites is 1. The largest absolute Gasteiger partial charge is 0.488 e. The zero-order chi connectivity index (χ0) is 17.8. The summed E-state index contributed by atoms with van der Waals surface area (Å²) in [5, 5.41) is 2.96. The number of amides is 2. The van der Waals surface area contributed by atoms with E-state index in [4.69, 9.17) is 4.74 Å². The van der Waals surface area contributed by atoms with Crippen LogP contribution in [0.25, 0.3) is 0 Å². The van der Waals surface area contributed by atoms with Crippen LogP contribution in [0.1, 0.15) is 25.1 Å². The summed E-state index contributed by atoms with van der Waals surface area (Å²) in [6.07, 6.45) is 4.47. The van der Waals surface area contributed by atoms with Crippen LogP contribution in [0.4, 0.5) is 4.79 Å². The van der Waals surface area contributed by atoms with Gasteiger partial charge in [0.05, 0.1) is 25.1 Å². The molecule has 1 aliphatic rings. The van der Waals surface area contributed by atoms with Gasteiger partial charge in [0.1, 0.15) is 11.9 Å². The molecule has 3 rings (SSSR count). The molecule has 0 saturated carbocycles. The van der Waals surface area contributed by atoms with Gasteiger partial charge < -0.3 is 19.5 Å². The Balaban J connectivity index is 1.48. The second-order valence-corrected chi connectivity index (χ2v) is 7.02. The van der Waals surface area contributed by atoms with Gasteiger partial charge in [0.2, 0.25) is 0 Å². The second kappa shape index (κ2) is 7.59. The third kappa shape index (κ3) is 4.32. The Labute approximate surface area is 148 Å². The highest BCUT2D eigenvalue weighted by Crippen LogP contribution is 2.28. The van der Waals surface area contributed by atoms with Gasteiger partial charge in [0, 0.05) is 26.2 Å². The fraction of sp³-hybridized carbons (Fsp3) is 0.474. The van der Waals surface area contributed by atoms with Crippen molar-refractivity contribution in [2.45, 2.75) is 39.5 Å². The third-order valence-electron chi connectivity index (χ3n) is 4.32. The first-order valence-corrected chi connectivity index (χ1v) is 8.75. The fourth-order valence-electron chi connectivity index (χ4n) is 3.10. The number of aromatic nitrogens is 2. The van der Waals surface area contributed by atoms with Crippen molar-refractivity contribution < 1.29 is 9.53 Å². The molecule has 1 aliphatic heterocycles. The molecule has 134 valence electrons. The molecule has 6 nitrogen and oxygen atoms in total. The van der Waals surface area contributed by atoms with Crippen molar-refractivity contribution in [2.75, 3.05) is 13.6 Å². The molecular weight excluding hydrogens is 316 g/mol. The Morgan fingerprint density at radius 1 is 1.44 bits per heavy atom. The topological polar surface area (TPSA) is 59.4 Å². The molecule has 0 aliphatic carbocycles. The van der Waals surface area contributed by atoms with E-state index in [1.54, 1.807) is 18.1 Å². The standard InChI is InChI=1S/C19H26N4O2/c1-14(2)11-23-13-20-9-16(23)10-21-19(24)22(3)12-17-8-15-6-4-5-7-18(15)25-17/h4-7,9,13-14,17H,8,10-12H2,1-3H3,(H,21,24)/t17-/m0/s1. The SMILES string of the molecule is CC(C)Cn1cncc1CNC(=O)N(C)C[C@@H]1Cc2ccccc2O1. The Bertz CT molecular complexity index is 701. The summed E-state index contributed by atoms with van der Waals surface area (Å²) >= 11 is 0. The number of urea groups is 1. The number of likely N-dealkylation sites (N-methyl/N-ethyl adjacent to an activating group) is 1. The maximum Gasteiger partial charge on any atom is 0.317 e. The summed E-state index contributed by atoms with van der Waals surface area (Å²) in [5.41, 5.74) is 2.22. The highest BCUT2D eigenvalue weighted by Gasteiger charge is 2.25.